The van der Waals surface area contributed by atoms with Gasteiger partial charge >= 0.3 is 0 Å². The average molecular weight is 554 g/mol. The van der Waals surface area contributed by atoms with Crippen LogP contribution in [0.15, 0.2) is 66.7 Å². The van der Waals surface area contributed by atoms with Gasteiger partial charge in [-0.15, -0.1) is 0 Å². The molecule has 0 aromatic heterocycles. The minimum Gasteiger partial charge on any atom is -0.332 e. The van der Waals surface area contributed by atoms with Crippen molar-refractivity contribution in [3.63, 3.8) is 0 Å². The molecule has 0 radical (unpaired) electrons. The molecule has 0 fully saturated rings. The van der Waals surface area contributed by atoms with Gasteiger partial charge in [0.25, 0.3) is 11.8 Å². The largest absolute Gasteiger partial charge is 0.332 e. The van der Waals surface area contributed by atoms with Crippen LogP contribution in [-0.4, -0.2) is 16.9 Å². The monoisotopic (exact) mass is 553 g/mol. The van der Waals surface area contributed by atoms with E-state index in [-0.39, 0.29) is 16.0 Å². The summed E-state index contributed by atoms with van der Waals surface area (Å²) < 4.78 is 14.1. The van der Waals surface area contributed by atoms with Crippen molar-refractivity contribution in [3.05, 3.63) is 92.3 Å². The van der Waals surface area contributed by atoms with Crippen molar-refractivity contribution in [1.82, 2.24) is 5.32 Å². The lowest BCUT2D eigenvalue weighted by Crippen LogP contribution is -2.34. The van der Waals surface area contributed by atoms with Gasteiger partial charge in [-0.1, -0.05) is 29.8 Å². The molecule has 0 unspecified atom stereocenters. The van der Waals surface area contributed by atoms with Crippen LogP contribution in [-0.2, 0) is 0 Å². The smallest absolute Gasteiger partial charge is 0.258 e. The molecule has 0 aliphatic rings. The van der Waals surface area contributed by atoms with E-state index in [9.17, 15) is 14.0 Å². The Kier molecular flexibility index (Phi) is 7.35. The maximum absolute atomic E-state index is 13.3. The summed E-state index contributed by atoms with van der Waals surface area (Å²) in [6.45, 7) is 0. The number of amides is 2. The number of halogens is 3. The van der Waals surface area contributed by atoms with Crippen LogP contribution in [0.5, 0.6) is 0 Å². The van der Waals surface area contributed by atoms with Crippen LogP contribution in [0.2, 0.25) is 5.02 Å². The first-order valence-corrected chi connectivity index (χ1v) is 10.4. The van der Waals surface area contributed by atoms with Gasteiger partial charge in [0, 0.05) is 20.5 Å². The van der Waals surface area contributed by atoms with Gasteiger partial charge < -0.3 is 10.6 Å². The molecule has 3 aromatic carbocycles. The number of thiocarbonyl (C=S) groups is 1. The summed E-state index contributed by atoms with van der Waals surface area (Å²) in [6.07, 6.45) is 0. The predicted molar refractivity (Wildman–Crippen MR) is 129 cm³/mol. The van der Waals surface area contributed by atoms with Gasteiger partial charge in [-0.3, -0.25) is 14.9 Å². The van der Waals surface area contributed by atoms with Crippen molar-refractivity contribution < 1.29 is 14.0 Å². The topological polar surface area (TPSA) is 70.2 Å². The first kappa shape index (κ1) is 22.1. The molecule has 0 saturated carbocycles. The number of benzene rings is 3. The fraction of sp³-hybridized carbons (Fsp3) is 0. The molecule has 3 rings (SSSR count). The standard InChI is InChI=1S/C21H14ClFIN3O2S/c22-16-11-14(8-9-17(16)23)25-19(28)12-4-3-5-13(10-12)26-21(30)27-20(29)15-6-1-2-7-18(15)24/h1-11H,(H,25,28)(H2,26,27,29,30). The van der Waals surface area contributed by atoms with E-state index in [1.165, 1.54) is 18.2 Å². The van der Waals surface area contributed by atoms with Crippen LogP contribution in [0, 0.1) is 9.39 Å². The van der Waals surface area contributed by atoms with Crippen LogP contribution in [0.1, 0.15) is 20.7 Å². The van der Waals surface area contributed by atoms with Crippen LogP contribution >= 0.6 is 46.4 Å². The Morgan fingerprint density at radius 3 is 2.37 bits per heavy atom. The fourth-order valence-electron chi connectivity index (χ4n) is 2.49. The Morgan fingerprint density at radius 2 is 1.63 bits per heavy atom. The van der Waals surface area contributed by atoms with Crippen molar-refractivity contribution in [3.8, 4) is 0 Å². The van der Waals surface area contributed by atoms with Crippen molar-refractivity contribution >= 4 is 74.7 Å². The molecule has 3 aromatic rings. The highest BCUT2D eigenvalue weighted by Gasteiger charge is 2.12. The summed E-state index contributed by atoms with van der Waals surface area (Å²) >= 11 is 13.0. The van der Waals surface area contributed by atoms with Gasteiger partial charge in [0.15, 0.2) is 5.11 Å². The normalized spacial score (nSPS) is 10.2. The molecule has 5 nitrogen and oxygen atoms in total. The lowest BCUT2D eigenvalue weighted by atomic mass is 10.2. The number of carbonyl (C=O) groups excluding carboxylic acids is 2. The Labute approximate surface area is 196 Å². The van der Waals surface area contributed by atoms with Crippen molar-refractivity contribution in [1.29, 1.82) is 0 Å². The van der Waals surface area contributed by atoms with E-state index in [4.69, 9.17) is 23.8 Å². The molecule has 0 heterocycles. The van der Waals surface area contributed by atoms with E-state index in [1.54, 1.807) is 36.4 Å². The Hall–Kier alpha value is -2.56. The minimum absolute atomic E-state index is 0.0858. The molecule has 0 bridgehead atoms. The van der Waals surface area contributed by atoms with Crippen LogP contribution in [0.3, 0.4) is 0 Å². The minimum atomic E-state index is -0.568. The van der Waals surface area contributed by atoms with Crippen LogP contribution in [0.4, 0.5) is 15.8 Å². The third kappa shape index (κ3) is 5.74. The van der Waals surface area contributed by atoms with Gasteiger partial charge in [0.1, 0.15) is 5.82 Å². The Bertz CT molecular complexity index is 1140. The lowest BCUT2D eigenvalue weighted by Gasteiger charge is -2.12. The van der Waals surface area contributed by atoms with E-state index in [2.05, 4.69) is 38.5 Å². The summed E-state index contributed by atoms with van der Waals surface area (Å²) in [5, 5.41) is 8.15. The molecule has 152 valence electrons. The van der Waals surface area contributed by atoms with E-state index in [0.29, 0.717) is 22.5 Å². The molecule has 0 aliphatic heterocycles. The zero-order chi connectivity index (χ0) is 21.7. The Balaban J connectivity index is 1.65. The van der Waals surface area contributed by atoms with Gasteiger partial charge in [-0.05, 0) is 83.3 Å². The van der Waals surface area contributed by atoms with Crippen molar-refractivity contribution in [2.24, 2.45) is 0 Å². The number of hydrogen-bond donors (Lipinski definition) is 3. The average Bonchev–Trinajstić information content (AvgIpc) is 2.71. The molecular weight excluding hydrogens is 540 g/mol. The molecule has 9 heteroatoms. The van der Waals surface area contributed by atoms with Crippen molar-refractivity contribution in [2.75, 3.05) is 10.6 Å². The van der Waals surface area contributed by atoms with Gasteiger partial charge in [-0.2, -0.15) is 0 Å². The lowest BCUT2D eigenvalue weighted by molar-refractivity contribution is 0.0975. The van der Waals surface area contributed by atoms with Gasteiger partial charge in [0.05, 0.1) is 10.6 Å². The fourth-order valence-corrected chi connectivity index (χ4v) is 3.52. The van der Waals surface area contributed by atoms with Crippen molar-refractivity contribution in [2.45, 2.75) is 0 Å². The summed E-state index contributed by atoms with van der Waals surface area (Å²) in [5.41, 5.74) is 1.73. The maximum Gasteiger partial charge on any atom is 0.258 e. The van der Waals surface area contributed by atoms with Gasteiger partial charge in [0.2, 0.25) is 0 Å². The second kappa shape index (κ2) is 9.96. The highest BCUT2D eigenvalue weighted by Crippen LogP contribution is 2.20. The molecule has 3 N–H and O–H groups in total. The number of anilines is 2. The molecule has 0 aliphatic carbocycles. The van der Waals surface area contributed by atoms with E-state index >= 15 is 0 Å². The summed E-state index contributed by atoms with van der Waals surface area (Å²) in [7, 11) is 0. The number of rotatable bonds is 4. The second-order valence-electron chi connectivity index (χ2n) is 6.05. The molecule has 30 heavy (non-hydrogen) atoms. The molecule has 0 atom stereocenters. The first-order chi connectivity index (χ1) is 14.3. The summed E-state index contributed by atoms with van der Waals surface area (Å²) in [6, 6.07) is 17.6. The summed E-state index contributed by atoms with van der Waals surface area (Å²) in [4.78, 5) is 24.8. The van der Waals surface area contributed by atoms with Crippen LogP contribution < -0.4 is 16.0 Å². The third-order valence-corrected chi connectivity index (χ3v) is 5.34. The van der Waals surface area contributed by atoms with Gasteiger partial charge in [-0.25, -0.2) is 4.39 Å². The first-order valence-electron chi connectivity index (χ1n) is 8.57. The highest BCUT2D eigenvalue weighted by molar-refractivity contribution is 14.1. The van der Waals surface area contributed by atoms with E-state index in [1.807, 2.05) is 12.1 Å². The number of hydrogen-bond acceptors (Lipinski definition) is 3. The second-order valence-corrected chi connectivity index (χ2v) is 8.03. The zero-order valence-corrected chi connectivity index (χ0v) is 18.9. The van der Waals surface area contributed by atoms with E-state index < -0.39 is 11.7 Å². The quantitative estimate of drug-likeness (QED) is 0.296. The third-order valence-electron chi connectivity index (χ3n) is 3.91. The predicted octanol–water partition coefficient (Wildman–Crippen LogP) is 5.46. The molecular formula is C21H14ClFIN3O2S. The summed E-state index contributed by atoms with van der Waals surface area (Å²) in [5.74, 6) is -1.31. The Morgan fingerprint density at radius 1 is 0.900 bits per heavy atom. The number of carbonyl (C=O) groups is 2. The van der Waals surface area contributed by atoms with Crippen LogP contribution in [0.25, 0.3) is 0 Å². The molecule has 0 saturated heterocycles. The van der Waals surface area contributed by atoms with E-state index in [0.717, 1.165) is 3.57 Å². The number of nitrogens with one attached hydrogen (secondary N) is 3. The highest BCUT2D eigenvalue weighted by atomic mass is 127. The maximum atomic E-state index is 13.3. The SMILES string of the molecule is O=C(Nc1ccc(F)c(Cl)c1)c1cccc(NC(=S)NC(=O)c2ccccc2I)c1. The zero-order valence-electron chi connectivity index (χ0n) is 15.2. The molecule has 0 spiro atoms. The molecule has 2 amide bonds.